The number of nitrogens with zero attached hydrogens (tertiary/aromatic N) is 3. The van der Waals surface area contributed by atoms with Crippen LogP contribution in [0.2, 0.25) is 0 Å². The summed E-state index contributed by atoms with van der Waals surface area (Å²) < 4.78 is 2.66. The molecule has 5 heteroatoms. The first-order valence-corrected chi connectivity index (χ1v) is 8.88. The molecule has 0 spiro atoms. The largest absolute Gasteiger partial charge is 0.307 e. The zero-order chi connectivity index (χ0) is 16.8. The third kappa shape index (κ3) is 2.35. The molecule has 2 aromatic carbocycles. The molecule has 1 atom stereocenters. The van der Waals surface area contributed by atoms with Gasteiger partial charge >= 0.3 is 0 Å². The third-order valence-corrected chi connectivity index (χ3v) is 5.28. The maximum absolute atomic E-state index is 13.3. The van der Waals surface area contributed by atoms with E-state index in [1.54, 1.807) is 4.68 Å². The molecule has 0 radical (unpaired) electrons. The minimum absolute atomic E-state index is 0.0154. The molecule has 4 rings (SSSR count). The van der Waals surface area contributed by atoms with Crippen LogP contribution in [0.3, 0.4) is 0 Å². The summed E-state index contributed by atoms with van der Waals surface area (Å²) in [6, 6.07) is 14.1. The molecule has 1 aliphatic rings. The Bertz CT molecular complexity index is 947. The molecule has 0 bridgehead atoms. The predicted octanol–water partition coefficient (Wildman–Crippen LogP) is 4.49. The molecule has 1 aromatic heterocycles. The summed E-state index contributed by atoms with van der Waals surface area (Å²) in [4.78, 5) is 15.2. The standard InChI is InChI=1S/C19H18BrN3O/c1-12-9-10-23(17-6-4-3-5-14(12)17)19(24)18-15-8-7-13(20)11-16(15)21-22(18)2/h3-8,11-12H,9-10H2,1-2H3. The van der Waals surface area contributed by atoms with Gasteiger partial charge in [-0.1, -0.05) is 41.1 Å². The first-order chi connectivity index (χ1) is 11.6. The molecule has 0 fully saturated rings. The topological polar surface area (TPSA) is 38.1 Å². The maximum atomic E-state index is 13.3. The van der Waals surface area contributed by atoms with Gasteiger partial charge in [-0.15, -0.1) is 0 Å². The molecular weight excluding hydrogens is 366 g/mol. The Morgan fingerprint density at radius 1 is 1.25 bits per heavy atom. The van der Waals surface area contributed by atoms with E-state index in [-0.39, 0.29) is 5.91 Å². The first-order valence-electron chi connectivity index (χ1n) is 8.09. The van der Waals surface area contributed by atoms with Crippen molar-refractivity contribution in [2.75, 3.05) is 11.4 Å². The fourth-order valence-corrected chi connectivity index (χ4v) is 3.86. The van der Waals surface area contributed by atoms with Crippen LogP contribution >= 0.6 is 15.9 Å². The lowest BCUT2D eigenvalue weighted by Gasteiger charge is -2.33. The summed E-state index contributed by atoms with van der Waals surface area (Å²) >= 11 is 3.46. The molecule has 0 N–H and O–H groups in total. The highest BCUT2D eigenvalue weighted by atomic mass is 79.9. The number of rotatable bonds is 1. The van der Waals surface area contributed by atoms with Gasteiger partial charge in [-0.2, -0.15) is 5.10 Å². The number of benzene rings is 2. The van der Waals surface area contributed by atoms with Crippen molar-refractivity contribution < 1.29 is 4.79 Å². The van der Waals surface area contributed by atoms with E-state index in [1.165, 1.54) is 5.56 Å². The normalized spacial score (nSPS) is 17.1. The van der Waals surface area contributed by atoms with Gasteiger partial charge in [0, 0.05) is 29.1 Å². The van der Waals surface area contributed by atoms with Crippen LogP contribution in [-0.4, -0.2) is 22.2 Å². The van der Waals surface area contributed by atoms with Crippen molar-refractivity contribution in [3.63, 3.8) is 0 Å². The Kier molecular flexibility index (Phi) is 3.68. The molecule has 1 amide bonds. The maximum Gasteiger partial charge on any atom is 0.277 e. The molecule has 122 valence electrons. The van der Waals surface area contributed by atoms with Gasteiger partial charge in [-0.05, 0) is 42.2 Å². The average molecular weight is 384 g/mol. The average Bonchev–Trinajstić information content (AvgIpc) is 2.89. The summed E-state index contributed by atoms with van der Waals surface area (Å²) in [6.07, 6.45) is 0.976. The van der Waals surface area contributed by atoms with E-state index in [1.807, 2.05) is 48.3 Å². The number of carbonyl (C=O) groups excluding carboxylic acids is 1. The summed E-state index contributed by atoms with van der Waals surface area (Å²) in [6.45, 7) is 2.96. The minimum atomic E-state index is 0.0154. The van der Waals surface area contributed by atoms with E-state index in [9.17, 15) is 4.79 Å². The number of hydrogen-bond donors (Lipinski definition) is 0. The Morgan fingerprint density at radius 3 is 2.88 bits per heavy atom. The molecule has 0 saturated heterocycles. The summed E-state index contributed by atoms with van der Waals surface area (Å²) in [5, 5.41) is 5.39. The van der Waals surface area contributed by atoms with Crippen LogP contribution in [0.5, 0.6) is 0 Å². The van der Waals surface area contributed by atoms with Crippen LogP contribution in [0.1, 0.15) is 35.3 Å². The number of hydrogen-bond acceptors (Lipinski definition) is 2. The number of anilines is 1. The number of fused-ring (bicyclic) bond motifs is 2. The molecule has 2 heterocycles. The lowest BCUT2D eigenvalue weighted by Crippen LogP contribution is -2.37. The second-order valence-electron chi connectivity index (χ2n) is 6.34. The summed E-state index contributed by atoms with van der Waals surface area (Å²) in [5.41, 5.74) is 3.73. The number of carbonyl (C=O) groups is 1. The Hall–Kier alpha value is -2.14. The zero-order valence-corrected chi connectivity index (χ0v) is 15.2. The smallest absolute Gasteiger partial charge is 0.277 e. The van der Waals surface area contributed by atoms with Crippen LogP contribution in [-0.2, 0) is 7.05 Å². The molecular formula is C19H18BrN3O. The number of aryl methyl sites for hydroxylation is 1. The van der Waals surface area contributed by atoms with Crippen molar-refractivity contribution >= 4 is 38.4 Å². The van der Waals surface area contributed by atoms with Crippen LogP contribution in [0.15, 0.2) is 46.9 Å². The lowest BCUT2D eigenvalue weighted by molar-refractivity contribution is 0.0977. The van der Waals surface area contributed by atoms with Gasteiger partial charge in [0.15, 0.2) is 0 Å². The number of aromatic nitrogens is 2. The lowest BCUT2D eigenvalue weighted by atomic mass is 9.91. The molecule has 1 unspecified atom stereocenters. The number of halogens is 1. The van der Waals surface area contributed by atoms with Gasteiger partial charge in [0.05, 0.1) is 5.52 Å². The second-order valence-corrected chi connectivity index (χ2v) is 7.25. The molecule has 0 saturated carbocycles. The first kappa shape index (κ1) is 15.4. The Labute approximate surface area is 149 Å². The molecule has 3 aromatic rings. The SMILES string of the molecule is CC1CCN(C(=O)c2c3ccc(Br)cc3nn2C)c2ccccc21. The van der Waals surface area contributed by atoms with Gasteiger partial charge in [-0.25, -0.2) is 0 Å². The second kappa shape index (κ2) is 5.74. The summed E-state index contributed by atoms with van der Waals surface area (Å²) in [7, 11) is 1.83. The van der Waals surface area contributed by atoms with E-state index in [2.05, 4.69) is 34.0 Å². The van der Waals surface area contributed by atoms with Crippen molar-refractivity contribution in [1.82, 2.24) is 9.78 Å². The fraction of sp³-hybridized carbons (Fsp3) is 0.263. The third-order valence-electron chi connectivity index (χ3n) is 4.79. The number of amides is 1. The Morgan fingerprint density at radius 2 is 2.04 bits per heavy atom. The van der Waals surface area contributed by atoms with Gasteiger partial charge in [-0.3, -0.25) is 9.48 Å². The quantitative estimate of drug-likeness (QED) is 0.620. The van der Waals surface area contributed by atoms with Gasteiger partial charge in [0.1, 0.15) is 5.69 Å². The highest BCUT2D eigenvalue weighted by Gasteiger charge is 2.29. The van der Waals surface area contributed by atoms with Crippen molar-refractivity contribution in [2.24, 2.45) is 7.05 Å². The highest BCUT2D eigenvalue weighted by molar-refractivity contribution is 9.10. The van der Waals surface area contributed by atoms with Crippen molar-refractivity contribution in [2.45, 2.75) is 19.3 Å². The number of para-hydroxylation sites is 1. The van der Waals surface area contributed by atoms with Gasteiger partial charge in [0.25, 0.3) is 5.91 Å². The fourth-order valence-electron chi connectivity index (χ4n) is 3.51. The van der Waals surface area contributed by atoms with Crippen LogP contribution in [0, 0.1) is 0 Å². The molecule has 1 aliphatic heterocycles. The van der Waals surface area contributed by atoms with Crippen molar-refractivity contribution in [3.05, 3.63) is 58.2 Å². The van der Waals surface area contributed by atoms with Crippen molar-refractivity contribution in [3.8, 4) is 0 Å². The van der Waals surface area contributed by atoms with E-state index >= 15 is 0 Å². The predicted molar refractivity (Wildman–Crippen MR) is 99.6 cm³/mol. The molecule has 0 aliphatic carbocycles. The van der Waals surface area contributed by atoms with E-state index in [4.69, 9.17) is 0 Å². The Balaban J connectivity index is 1.83. The minimum Gasteiger partial charge on any atom is -0.307 e. The van der Waals surface area contributed by atoms with Crippen LogP contribution < -0.4 is 4.90 Å². The summed E-state index contributed by atoms with van der Waals surface area (Å²) in [5.74, 6) is 0.492. The van der Waals surface area contributed by atoms with Crippen LogP contribution in [0.25, 0.3) is 10.9 Å². The van der Waals surface area contributed by atoms with Crippen LogP contribution in [0.4, 0.5) is 5.69 Å². The van der Waals surface area contributed by atoms with E-state index < -0.39 is 0 Å². The van der Waals surface area contributed by atoms with Crippen molar-refractivity contribution in [1.29, 1.82) is 0 Å². The molecule has 24 heavy (non-hydrogen) atoms. The van der Waals surface area contributed by atoms with Gasteiger partial charge in [0.2, 0.25) is 0 Å². The zero-order valence-electron chi connectivity index (χ0n) is 13.7. The monoisotopic (exact) mass is 383 g/mol. The molecule has 4 nitrogen and oxygen atoms in total. The highest BCUT2D eigenvalue weighted by Crippen LogP contribution is 2.36. The van der Waals surface area contributed by atoms with E-state index in [0.717, 1.165) is 34.0 Å². The van der Waals surface area contributed by atoms with Gasteiger partial charge < -0.3 is 4.90 Å². The van der Waals surface area contributed by atoms with E-state index in [0.29, 0.717) is 11.6 Å².